The topological polar surface area (TPSA) is 131 Å². The normalized spacial score (nSPS) is 16.8. The molecule has 0 fully saturated rings. The van der Waals surface area contributed by atoms with E-state index in [1.807, 2.05) is 0 Å². The van der Waals surface area contributed by atoms with Gasteiger partial charge in [-0.1, -0.05) is 37.8 Å². The lowest BCUT2D eigenvalue weighted by molar-refractivity contribution is -0.146. The van der Waals surface area contributed by atoms with Crippen LogP contribution in [0.15, 0.2) is 24.3 Å². The summed E-state index contributed by atoms with van der Waals surface area (Å²) in [6, 6.07) is 5.23. The third-order valence-electron chi connectivity index (χ3n) is 5.09. The van der Waals surface area contributed by atoms with Crippen LogP contribution in [-0.4, -0.2) is 61.3 Å². The third-order valence-corrected chi connectivity index (χ3v) is 5.09. The maximum absolute atomic E-state index is 13.2. The number of benzene rings is 1. The first kappa shape index (κ1) is 24.6. The molecule has 0 saturated carbocycles. The second kappa shape index (κ2) is 12.9. The van der Waals surface area contributed by atoms with Crippen molar-refractivity contribution >= 4 is 23.5 Å². The standard InChI is InChI=1S/C22H33N3O6/c1-2-30-22(29)16(10-6-4-3-5-9-13-23)24-17-15-31-19-12-8-7-11-18(19)25(21(17)28)14-20(26)27/h7-8,11-12,16-17,24H,2-6,9-10,13-15,23H2,1H3,(H,26,27)/t16?,17-/m0/s1. The third kappa shape index (κ3) is 7.52. The predicted octanol–water partition coefficient (Wildman–Crippen LogP) is 1.69. The molecular weight excluding hydrogens is 402 g/mol. The van der Waals surface area contributed by atoms with Gasteiger partial charge in [-0.15, -0.1) is 0 Å². The zero-order valence-electron chi connectivity index (χ0n) is 18.0. The fraction of sp³-hybridized carbons (Fsp3) is 0.591. The van der Waals surface area contributed by atoms with Gasteiger partial charge in [0.05, 0.1) is 12.3 Å². The molecule has 172 valence electrons. The summed E-state index contributed by atoms with van der Waals surface area (Å²) in [7, 11) is 0. The number of carbonyl (C=O) groups is 3. The van der Waals surface area contributed by atoms with Crippen LogP contribution in [0.25, 0.3) is 0 Å². The first-order valence-electron chi connectivity index (χ1n) is 10.9. The lowest BCUT2D eigenvalue weighted by Crippen LogP contribution is -2.54. The van der Waals surface area contributed by atoms with Crippen LogP contribution in [0.4, 0.5) is 5.69 Å². The van der Waals surface area contributed by atoms with E-state index in [-0.39, 0.29) is 13.2 Å². The molecule has 1 aromatic carbocycles. The average molecular weight is 436 g/mol. The van der Waals surface area contributed by atoms with Gasteiger partial charge in [-0.25, -0.2) is 0 Å². The fourth-order valence-corrected chi connectivity index (χ4v) is 3.55. The number of esters is 1. The largest absolute Gasteiger partial charge is 0.489 e. The van der Waals surface area contributed by atoms with Gasteiger partial charge in [0.2, 0.25) is 5.91 Å². The highest BCUT2D eigenvalue weighted by Gasteiger charge is 2.35. The van der Waals surface area contributed by atoms with Crippen molar-refractivity contribution in [3.05, 3.63) is 24.3 Å². The van der Waals surface area contributed by atoms with Crippen LogP contribution in [0, 0.1) is 0 Å². The van der Waals surface area contributed by atoms with Crippen molar-refractivity contribution in [2.24, 2.45) is 5.73 Å². The number of amides is 1. The summed E-state index contributed by atoms with van der Waals surface area (Å²) in [5, 5.41) is 12.4. The van der Waals surface area contributed by atoms with E-state index in [1.54, 1.807) is 31.2 Å². The van der Waals surface area contributed by atoms with Gasteiger partial charge in [-0.05, 0) is 38.4 Å². The molecule has 31 heavy (non-hydrogen) atoms. The molecule has 0 bridgehead atoms. The van der Waals surface area contributed by atoms with Crippen LogP contribution in [0.5, 0.6) is 5.75 Å². The number of carboxylic acids is 1. The van der Waals surface area contributed by atoms with E-state index in [1.165, 1.54) is 4.90 Å². The maximum Gasteiger partial charge on any atom is 0.323 e. The molecule has 1 heterocycles. The number of fused-ring (bicyclic) bond motifs is 1. The quantitative estimate of drug-likeness (QED) is 0.315. The summed E-state index contributed by atoms with van der Waals surface area (Å²) in [6.45, 7) is 2.12. The van der Waals surface area contributed by atoms with Crippen molar-refractivity contribution in [1.82, 2.24) is 5.32 Å². The monoisotopic (exact) mass is 435 g/mol. The molecule has 9 heteroatoms. The summed E-state index contributed by atoms with van der Waals surface area (Å²) in [6.07, 6.45) is 5.31. The molecule has 1 unspecified atom stereocenters. The molecule has 1 amide bonds. The van der Waals surface area contributed by atoms with E-state index in [0.717, 1.165) is 32.1 Å². The Morgan fingerprint density at radius 2 is 1.97 bits per heavy atom. The number of para-hydroxylation sites is 2. The molecule has 0 radical (unpaired) electrons. The molecule has 0 aliphatic carbocycles. The Labute approximate surface area is 182 Å². The SMILES string of the molecule is CCOC(=O)C(CCCCCCCN)N[C@H]1COc2ccccc2N(CC(=O)O)C1=O. The number of carboxylic acid groups (broad SMARTS) is 1. The van der Waals surface area contributed by atoms with E-state index in [4.69, 9.17) is 15.2 Å². The van der Waals surface area contributed by atoms with Crippen molar-refractivity contribution < 1.29 is 29.0 Å². The lowest BCUT2D eigenvalue weighted by atomic mass is 10.0. The number of nitrogens with one attached hydrogen (secondary N) is 1. The minimum Gasteiger partial charge on any atom is -0.489 e. The van der Waals surface area contributed by atoms with Crippen LogP contribution in [0.3, 0.4) is 0 Å². The lowest BCUT2D eigenvalue weighted by Gasteiger charge is -2.26. The van der Waals surface area contributed by atoms with Gasteiger partial charge in [0.25, 0.3) is 0 Å². The number of nitrogens with two attached hydrogens (primary N) is 1. The predicted molar refractivity (Wildman–Crippen MR) is 116 cm³/mol. The van der Waals surface area contributed by atoms with Crippen molar-refractivity contribution in [3.63, 3.8) is 0 Å². The molecule has 1 aliphatic heterocycles. The smallest absolute Gasteiger partial charge is 0.323 e. The molecule has 4 N–H and O–H groups in total. The van der Waals surface area contributed by atoms with Crippen LogP contribution >= 0.6 is 0 Å². The molecule has 1 aliphatic rings. The van der Waals surface area contributed by atoms with E-state index in [0.29, 0.717) is 24.4 Å². The second-order valence-electron chi connectivity index (χ2n) is 7.47. The van der Waals surface area contributed by atoms with Gasteiger partial charge in [-0.2, -0.15) is 0 Å². The number of ether oxygens (including phenoxy) is 2. The van der Waals surface area contributed by atoms with Crippen molar-refractivity contribution in [3.8, 4) is 5.75 Å². The Kier molecular flexibility index (Phi) is 10.3. The van der Waals surface area contributed by atoms with Crippen molar-refractivity contribution in [1.29, 1.82) is 0 Å². The van der Waals surface area contributed by atoms with Gasteiger partial charge >= 0.3 is 11.9 Å². The van der Waals surface area contributed by atoms with Crippen LogP contribution < -0.4 is 20.7 Å². The first-order valence-corrected chi connectivity index (χ1v) is 10.9. The Hall–Kier alpha value is -2.65. The summed E-state index contributed by atoms with van der Waals surface area (Å²) < 4.78 is 11.0. The Morgan fingerprint density at radius 3 is 2.68 bits per heavy atom. The Bertz CT molecular complexity index is 742. The van der Waals surface area contributed by atoms with E-state index >= 15 is 0 Å². The molecular formula is C22H33N3O6. The average Bonchev–Trinajstić information content (AvgIpc) is 2.87. The zero-order chi connectivity index (χ0) is 22.6. The van der Waals surface area contributed by atoms with Crippen LogP contribution in [0.1, 0.15) is 45.4 Å². The van der Waals surface area contributed by atoms with Gasteiger partial charge in [0, 0.05) is 0 Å². The molecule has 0 spiro atoms. The number of rotatable bonds is 13. The van der Waals surface area contributed by atoms with Gasteiger partial charge in [0.15, 0.2) is 0 Å². The summed E-state index contributed by atoms with van der Waals surface area (Å²) in [4.78, 5) is 38.2. The van der Waals surface area contributed by atoms with Crippen LogP contribution in [0.2, 0.25) is 0 Å². The highest BCUT2D eigenvalue weighted by Crippen LogP contribution is 2.31. The number of nitrogens with zero attached hydrogens (tertiary/aromatic N) is 1. The number of hydrogen-bond donors (Lipinski definition) is 3. The molecule has 9 nitrogen and oxygen atoms in total. The number of anilines is 1. The van der Waals surface area contributed by atoms with Gasteiger partial charge in [-0.3, -0.25) is 24.6 Å². The zero-order valence-corrected chi connectivity index (χ0v) is 18.0. The second-order valence-corrected chi connectivity index (χ2v) is 7.47. The maximum atomic E-state index is 13.2. The molecule has 2 atom stereocenters. The van der Waals surface area contributed by atoms with Gasteiger partial charge in [0.1, 0.15) is 31.0 Å². The van der Waals surface area contributed by atoms with E-state index < -0.39 is 36.5 Å². The summed E-state index contributed by atoms with van der Waals surface area (Å²) >= 11 is 0. The van der Waals surface area contributed by atoms with Crippen molar-refractivity contribution in [2.75, 3.05) is 31.2 Å². The molecule has 0 saturated heterocycles. The number of unbranched alkanes of at least 4 members (excludes halogenated alkanes) is 4. The minimum atomic E-state index is -1.14. The number of carbonyl (C=O) groups excluding carboxylic acids is 2. The first-order chi connectivity index (χ1) is 15.0. The Morgan fingerprint density at radius 1 is 1.26 bits per heavy atom. The Balaban J connectivity index is 2.10. The molecule has 1 aromatic rings. The molecule has 0 aromatic heterocycles. The van der Waals surface area contributed by atoms with Crippen molar-refractivity contribution in [2.45, 2.75) is 57.5 Å². The molecule has 2 rings (SSSR count). The highest BCUT2D eigenvalue weighted by atomic mass is 16.5. The summed E-state index contributed by atoms with van der Waals surface area (Å²) in [5.74, 6) is -1.59. The van der Waals surface area contributed by atoms with E-state index in [9.17, 15) is 19.5 Å². The highest BCUT2D eigenvalue weighted by molar-refractivity contribution is 6.02. The fourth-order valence-electron chi connectivity index (χ4n) is 3.55. The van der Waals surface area contributed by atoms with Gasteiger partial charge < -0.3 is 20.3 Å². The minimum absolute atomic E-state index is 0.0155. The van der Waals surface area contributed by atoms with Crippen LogP contribution in [-0.2, 0) is 19.1 Å². The number of hydrogen-bond acceptors (Lipinski definition) is 7. The summed E-state index contributed by atoms with van der Waals surface area (Å²) in [5.41, 5.74) is 5.91. The van der Waals surface area contributed by atoms with E-state index in [2.05, 4.69) is 5.32 Å². The number of aliphatic carboxylic acids is 1.